The first kappa shape index (κ1) is 9.77. The van der Waals surface area contributed by atoms with Gasteiger partial charge in [-0.25, -0.2) is 4.79 Å². The number of nitrogens with zero attached hydrogens (tertiary/aromatic N) is 1. The van der Waals surface area contributed by atoms with E-state index in [9.17, 15) is 4.79 Å². The number of rotatable bonds is 2. The van der Waals surface area contributed by atoms with Crippen LogP contribution in [0.3, 0.4) is 0 Å². The lowest BCUT2D eigenvalue weighted by Crippen LogP contribution is -2.44. The summed E-state index contributed by atoms with van der Waals surface area (Å²) >= 11 is 0. The van der Waals surface area contributed by atoms with E-state index in [1.807, 2.05) is 18.7 Å². The van der Waals surface area contributed by atoms with Gasteiger partial charge in [0.1, 0.15) is 6.61 Å². The summed E-state index contributed by atoms with van der Waals surface area (Å²) in [6, 6.07) is 0.250. The van der Waals surface area contributed by atoms with E-state index < -0.39 is 0 Å². The van der Waals surface area contributed by atoms with Crippen LogP contribution in [0.2, 0.25) is 0 Å². The quantitative estimate of drug-likeness (QED) is 0.674. The Morgan fingerprint density at radius 1 is 1.57 bits per heavy atom. The molecule has 0 N–H and O–H groups in total. The fraction of sp³-hybridized carbons (Fsp3) is 0.900. The van der Waals surface area contributed by atoms with Crippen LogP contribution in [-0.2, 0) is 9.47 Å². The molecular weight excluding hydrogens is 182 g/mol. The van der Waals surface area contributed by atoms with Crippen molar-refractivity contribution in [3.05, 3.63) is 0 Å². The van der Waals surface area contributed by atoms with Crippen molar-refractivity contribution >= 4 is 6.09 Å². The maximum atomic E-state index is 11.2. The first-order chi connectivity index (χ1) is 6.66. The summed E-state index contributed by atoms with van der Waals surface area (Å²) in [5.41, 5.74) is 0. The van der Waals surface area contributed by atoms with Crippen molar-refractivity contribution < 1.29 is 14.3 Å². The number of hydrogen-bond acceptors (Lipinski definition) is 3. The summed E-state index contributed by atoms with van der Waals surface area (Å²) in [5.74, 6) is 0. The normalized spacial score (nSPS) is 31.9. The lowest BCUT2D eigenvalue weighted by atomic mass is 10.0. The summed E-state index contributed by atoms with van der Waals surface area (Å²) < 4.78 is 10.7. The van der Waals surface area contributed by atoms with Gasteiger partial charge in [0.15, 0.2) is 0 Å². The molecule has 2 heterocycles. The highest BCUT2D eigenvalue weighted by Crippen LogP contribution is 2.25. The van der Waals surface area contributed by atoms with Crippen LogP contribution in [0, 0.1) is 0 Å². The lowest BCUT2D eigenvalue weighted by molar-refractivity contribution is -0.0301. The zero-order valence-corrected chi connectivity index (χ0v) is 8.73. The van der Waals surface area contributed by atoms with Crippen molar-refractivity contribution in [1.82, 2.24) is 4.90 Å². The van der Waals surface area contributed by atoms with Crippen LogP contribution < -0.4 is 0 Å². The third kappa shape index (κ3) is 1.85. The Morgan fingerprint density at radius 2 is 2.36 bits per heavy atom. The molecule has 0 spiro atoms. The molecule has 2 fully saturated rings. The number of carbonyl (C=O) groups is 1. The minimum absolute atomic E-state index is 0.155. The molecule has 0 aromatic heterocycles. The van der Waals surface area contributed by atoms with E-state index in [1.165, 1.54) is 0 Å². The third-order valence-corrected chi connectivity index (χ3v) is 2.77. The summed E-state index contributed by atoms with van der Waals surface area (Å²) in [5, 5.41) is 0. The molecule has 80 valence electrons. The monoisotopic (exact) mass is 199 g/mol. The van der Waals surface area contributed by atoms with Crippen molar-refractivity contribution in [2.24, 2.45) is 0 Å². The van der Waals surface area contributed by atoms with Gasteiger partial charge in [0.25, 0.3) is 0 Å². The summed E-state index contributed by atoms with van der Waals surface area (Å²) in [7, 11) is 0. The molecule has 0 bridgehead atoms. The molecule has 2 rings (SSSR count). The zero-order valence-electron chi connectivity index (χ0n) is 8.73. The van der Waals surface area contributed by atoms with Crippen LogP contribution >= 0.6 is 0 Å². The standard InChI is InChI=1S/C10H17NO3/c1-7(2)14-9-3-4-11-8(5-9)6-13-10(11)12/h7-9H,3-6H2,1-2H3/t8-,9-/m0/s1. The Labute approximate surface area is 84.2 Å². The third-order valence-electron chi connectivity index (χ3n) is 2.77. The maximum absolute atomic E-state index is 11.2. The highest BCUT2D eigenvalue weighted by Gasteiger charge is 2.38. The van der Waals surface area contributed by atoms with Gasteiger partial charge in [0.2, 0.25) is 0 Å². The molecule has 0 aliphatic carbocycles. The van der Waals surface area contributed by atoms with Gasteiger partial charge in [-0.15, -0.1) is 0 Å². The number of piperidine rings is 1. The van der Waals surface area contributed by atoms with Gasteiger partial charge in [-0.3, -0.25) is 0 Å². The van der Waals surface area contributed by atoms with E-state index in [1.54, 1.807) is 0 Å². The molecule has 2 aliphatic rings. The van der Waals surface area contributed by atoms with Crippen LogP contribution in [0.25, 0.3) is 0 Å². The molecule has 4 nitrogen and oxygen atoms in total. The first-order valence-corrected chi connectivity index (χ1v) is 5.25. The SMILES string of the molecule is CC(C)O[C@H]1CCN2C(=O)OC[C@@H]2C1. The minimum Gasteiger partial charge on any atom is -0.447 e. The van der Waals surface area contributed by atoms with Gasteiger partial charge in [-0.05, 0) is 26.7 Å². The smallest absolute Gasteiger partial charge is 0.410 e. The molecule has 4 heteroatoms. The molecule has 1 amide bonds. The molecule has 0 unspecified atom stereocenters. The van der Waals surface area contributed by atoms with Crippen LogP contribution in [0.15, 0.2) is 0 Å². The molecule has 2 atom stereocenters. The van der Waals surface area contributed by atoms with Crippen molar-refractivity contribution in [3.63, 3.8) is 0 Å². The largest absolute Gasteiger partial charge is 0.447 e. The van der Waals surface area contributed by atoms with Crippen molar-refractivity contribution in [3.8, 4) is 0 Å². The topological polar surface area (TPSA) is 38.8 Å². The molecular formula is C10H17NO3. The van der Waals surface area contributed by atoms with Crippen LogP contribution in [0.1, 0.15) is 26.7 Å². The Balaban J connectivity index is 1.89. The highest BCUT2D eigenvalue weighted by molar-refractivity contribution is 5.70. The van der Waals surface area contributed by atoms with Crippen LogP contribution in [0.5, 0.6) is 0 Å². The second-order valence-corrected chi connectivity index (χ2v) is 4.26. The van der Waals surface area contributed by atoms with Gasteiger partial charge in [-0.1, -0.05) is 0 Å². The number of cyclic esters (lactones) is 1. The van der Waals surface area contributed by atoms with Gasteiger partial charge in [0.05, 0.1) is 18.2 Å². The van der Waals surface area contributed by atoms with Gasteiger partial charge in [0, 0.05) is 6.54 Å². The molecule has 14 heavy (non-hydrogen) atoms. The zero-order chi connectivity index (χ0) is 10.1. The van der Waals surface area contributed by atoms with E-state index in [0.29, 0.717) is 12.7 Å². The highest BCUT2D eigenvalue weighted by atomic mass is 16.6. The van der Waals surface area contributed by atoms with E-state index in [0.717, 1.165) is 19.4 Å². The molecule has 0 saturated carbocycles. The first-order valence-electron chi connectivity index (χ1n) is 5.25. The maximum Gasteiger partial charge on any atom is 0.410 e. The van der Waals surface area contributed by atoms with Gasteiger partial charge in [-0.2, -0.15) is 0 Å². The number of carbonyl (C=O) groups excluding carboxylic acids is 1. The Morgan fingerprint density at radius 3 is 3.07 bits per heavy atom. The van der Waals surface area contributed by atoms with Crippen molar-refractivity contribution in [1.29, 1.82) is 0 Å². The average Bonchev–Trinajstić information content (AvgIpc) is 2.46. The van der Waals surface area contributed by atoms with E-state index >= 15 is 0 Å². The summed E-state index contributed by atoms with van der Waals surface area (Å²) in [4.78, 5) is 13.0. The van der Waals surface area contributed by atoms with E-state index in [2.05, 4.69) is 0 Å². The molecule has 2 aliphatic heterocycles. The predicted octanol–water partition coefficient (Wildman–Crippen LogP) is 1.39. The lowest BCUT2D eigenvalue weighted by Gasteiger charge is -2.33. The molecule has 0 radical (unpaired) electrons. The number of fused-ring (bicyclic) bond motifs is 1. The Kier molecular flexibility index (Phi) is 2.63. The summed E-state index contributed by atoms with van der Waals surface area (Å²) in [6.45, 7) is 5.41. The Hall–Kier alpha value is -0.770. The van der Waals surface area contributed by atoms with Gasteiger partial charge < -0.3 is 14.4 Å². The van der Waals surface area contributed by atoms with Crippen LogP contribution in [0.4, 0.5) is 4.79 Å². The van der Waals surface area contributed by atoms with Crippen molar-refractivity contribution in [2.45, 2.75) is 44.9 Å². The number of ether oxygens (including phenoxy) is 2. The predicted molar refractivity (Wildman–Crippen MR) is 51.1 cm³/mol. The fourth-order valence-corrected chi connectivity index (χ4v) is 2.17. The molecule has 2 saturated heterocycles. The number of amides is 1. The second-order valence-electron chi connectivity index (χ2n) is 4.26. The molecule has 0 aromatic carbocycles. The average molecular weight is 199 g/mol. The molecule has 0 aromatic rings. The fourth-order valence-electron chi connectivity index (χ4n) is 2.17. The van der Waals surface area contributed by atoms with Gasteiger partial charge >= 0.3 is 6.09 Å². The van der Waals surface area contributed by atoms with Crippen molar-refractivity contribution in [2.75, 3.05) is 13.2 Å². The van der Waals surface area contributed by atoms with E-state index in [4.69, 9.17) is 9.47 Å². The summed E-state index contributed by atoms with van der Waals surface area (Å²) in [6.07, 6.45) is 2.27. The van der Waals surface area contributed by atoms with Crippen LogP contribution in [-0.4, -0.2) is 42.4 Å². The second kappa shape index (κ2) is 3.77. The van der Waals surface area contributed by atoms with E-state index in [-0.39, 0.29) is 18.2 Å². The number of hydrogen-bond donors (Lipinski definition) is 0. The Bertz CT molecular complexity index is 229. The minimum atomic E-state index is -0.155.